The molecule has 5 heterocycles. The van der Waals surface area contributed by atoms with Gasteiger partial charge < -0.3 is 20.1 Å². The number of carbonyl (C=O) groups excluding carboxylic acids is 4. The van der Waals surface area contributed by atoms with Crippen molar-refractivity contribution in [3.8, 4) is 0 Å². The normalized spacial score (nSPS) is 36.5. The van der Waals surface area contributed by atoms with Gasteiger partial charge in [0.1, 0.15) is 11.5 Å². The molecule has 12 aliphatic rings. The van der Waals surface area contributed by atoms with E-state index in [-0.39, 0.29) is 59.4 Å². The van der Waals surface area contributed by atoms with Crippen molar-refractivity contribution >= 4 is 45.3 Å². The summed E-state index contributed by atoms with van der Waals surface area (Å²) < 4.78 is 13.3. The number of rotatable bonds is 5. The van der Waals surface area contributed by atoms with Crippen molar-refractivity contribution in [1.29, 1.82) is 0 Å². The summed E-state index contributed by atoms with van der Waals surface area (Å²) in [6, 6.07) is 0. The third kappa shape index (κ3) is 5.92. The van der Waals surface area contributed by atoms with Crippen molar-refractivity contribution in [2.45, 2.75) is 110 Å². The number of fused-ring (bicyclic) bond motifs is 2. The minimum absolute atomic E-state index is 0.0101. The van der Waals surface area contributed by atoms with Gasteiger partial charge in [0.25, 0.3) is 11.8 Å². The Morgan fingerprint density at radius 2 is 1.66 bits per heavy atom. The Labute approximate surface area is 355 Å². The molecule has 9 nitrogen and oxygen atoms in total. The summed E-state index contributed by atoms with van der Waals surface area (Å²) >= 11 is 0. The molecule has 7 bridgehead atoms. The van der Waals surface area contributed by atoms with Gasteiger partial charge in [-0.3, -0.25) is 14.5 Å². The summed E-state index contributed by atoms with van der Waals surface area (Å²) in [6.45, 7) is 3.05. The maximum Gasteiger partial charge on any atom is 0.340 e. The first-order chi connectivity index (χ1) is 28.8. The number of hydrogen-bond acceptors (Lipinski definition) is 10. The Hall–Kier alpha value is -3.44. The van der Waals surface area contributed by atoms with E-state index in [0.717, 1.165) is 109 Å². The van der Waals surface area contributed by atoms with Crippen LogP contribution in [0.5, 0.6) is 0 Å². The third-order valence-corrected chi connectivity index (χ3v) is 19.3. The molecule has 0 aromatic carbocycles. The molecule has 312 valence electrons. The Morgan fingerprint density at radius 1 is 0.847 bits per heavy atom. The minimum Gasteiger partial charge on any atom is -0.427 e. The topological polar surface area (TPSA) is 114 Å². The Kier molecular flexibility index (Phi) is 9.70. The maximum absolute atomic E-state index is 15.0. The predicted molar refractivity (Wildman–Crippen MR) is 228 cm³/mol. The highest BCUT2D eigenvalue weighted by Crippen LogP contribution is 2.73. The van der Waals surface area contributed by atoms with Crippen LogP contribution in [0.1, 0.15) is 110 Å². The molecule has 0 aromatic rings. The standard InChI is InChI=1S/C48H57N3O6S2/c1-2-47(18-6-7-19-47)34-12-10-29-22-32-31-16-20-48(42(32)41-39(29)44(34)57-45(41)54)35-13-11-30(27-8-4-3-5-9-27)25-58-59-26-50-36-23-28(17-21-49-36)33(40(31)43(48)46(55)56-35)24-51-37(52)14-15-38(51)53/h13-15,17,23,27,29-33,42,49-50H,2-12,16,18-22,24-26H2,1H3. The first-order valence-corrected chi connectivity index (χ1v) is 25.3. The number of imide groups is 1. The Morgan fingerprint density at radius 3 is 2.46 bits per heavy atom. The first-order valence-electron chi connectivity index (χ1n) is 22.9. The molecular weight excluding hydrogens is 779 g/mol. The number of ether oxygens (including phenoxy) is 2. The lowest BCUT2D eigenvalue weighted by molar-refractivity contribution is -0.138. The van der Waals surface area contributed by atoms with Crippen LogP contribution in [0.2, 0.25) is 0 Å². The smallest absolute Gasteiger partial charge is 0.340 e. The molecule has 2 amide bonds. The number of esters is 2. The van der Waals surface area contributed by atoms with Gasteiger partial charge >= 0.3 is 11.9 Å². The van der Waals surface area contributed by atoms with E-state index in [0.29, 0.717) is 24.0 Å². The highest BCUT2D eigenvalue weighted by Gasteiger charge is 2.70. The van der Waals surface area contributed by atoms with Gasteiger partial charge in [-0.15, -0.1) is 0 Å². The average molecular weight is 836 g/mol. The van der Waals surface area contributed by atoms with Gasteiger partial charge in [0.05, 0.1) is 22.7 Å². The van der Waals surface area contributed by atoms with E-state index in [2.05, 4.69) is 35.8 Å². The third-order valence-electron chi connectivity index (χ3n) is 17.0. The summed E-state index contributed by atoms with van der Waals surface area (Å²) in [6.07, 6.45) is 26.8. The highest BCUT2D eigenvalue weighted by atomic mass is 33.1. The van der Waals surface area contributed by atoms with Crippen molar-refractivity contribution in [3.63, 3.8) is 0 Å². The minimum atomic E-state index is -0.815. The molecule has 7 aliphatic carbocycles. The molecule has 11 heteroatoms. The second kappa shape index (κ2) is 14.9. The van der Waals surface area contributed by atoms with Gasteiger partial charge in [-0.25, -0.2) is 9.59 Å². The SMILES string of the molecule is CCC1(C2=C3OC(=O)C4=C3C(CC2)CC2C3CCC5(C6=CCC(C7CCCCC7)CSSCNC7=CC(=CCN7)C(CN7C(=O)C=CC7=O)C3=C5C(=O)O6)C42)CCCC1. The molecule has 0 radical (unpaired) electrons. The predicted octanol–water partition coefficient (Wildman–Crippen LogP) is 8.70. The van der Waals surface area contributed by atoms with Crippen molar-refractivity contribution < 1.29 is 28.7 Å². The summed E-state index contributed by atoms with van der Waals surface area (Å²) in [5.74, 6) is 3.91. The second-order valence-corrected chi connectivity index (χ2v) is 21.8. The number of amides is 2. The monoisotopic (exact) mass is 835 g/mol. The zero-order chi connectivity index (χ0) is 40.0. The van der Waals surface area contributed by atoms with Crippen LogP contribution in [0.3, 0.4) is 0 Å². The van der Waals surface area contributed by atoms with Crippen molar-refractivity contribution in [1.82, 2.24) is 15.5 Å². The zero-order valence-corrected chi connectivity index (χ0v) is 35.9. The molecule has 7 atom stereocenters. The van der Waals surface area contributed by atoms with Crippen LogP contribution in [-0.4, -0.2) is 53.4 Å². The molecule has 3 saturated carbocycles. The molecular formula is C48H57N3O6S2. The second-order valence-electron chi connectivity index (χ2n) is 19.3. The van der Waals surface area contributed by atoms with Crippen LogP contribution in [-0.2, 0) is 28.7 Å². The van der Waals surface area contributed by atoms with Gasteiger partial charge in [0.2, 0.25) is 0 Å². The zero-order valence-electron chi connectivity index (χ0n) is 34.3. The lowest BCUT2D eigenvalue weighted by atomic mass is 9.42. The van der Waals surface area contributed by atoms with E-state index < -0.39 is 11.3 Å². The van der Waals surface area contributed by atoms with Gasteiger partial charge in [-0.05, 0) is 122 Å². The molecule has 12 rings (SSSR count). The van der Waals surface area contributed by atoms with Gasteiger partial charge in [0.15, 0.2) is 0 Å². The Bertz CT molecular complexity index is 2100. The van der Waals surface area contributed by atoms with Crippen molar-refractivity contribution in [2.75, 3.05) is 24.7 Å². The van der Waals surface area contributed by atoms with E-state index in [1.54, 1.807) is 0 Å². The molecule has 0 aromatic heterocycles. The number of dihydropyridines is 1. The summed E-state index contributed by atoms with van der Waals surface area (Å²) in [5.41, 5.74) is 5.37. The first kappa shape index (κ1) is 38.5. The number of nitrogens with one attached hydrogen (secondary N) is 2. The largest absolute Gasteiger partial charge is 0.427 e. The number of carbonyl (C=O) groups is 4. The van der Waals surface area contributed by atoms with E-state index in [1.807, 2.05) is 21.6 Å². The van der Waals surface area contributed by atoms with Crippen molar-refractivity contribution in [2.24, 2.45) is 52.3 Å². The van der Waals surface area contributed by atoms with Gasteiger partial charge in [-0.1, -0.05) is 79.5 Å². The number of allylic oxidation sites excluding steroid dienone is 5. The molecule has 2 N–H and O–H groups in total. The fraction of sp³-hybridized carbons (Fsp3) is 0.625. The summed E-state index contributed by atoms with van der Waals surface area (Å²) in [4.78, 5) is 57.9. The lowest BCUT2D eigenvalue weighted by Crippen LogP contribution is -2.55. The van der Waals surface area contributed by atoms with Crippen LogP contribution < -0.4 is 10.6 Å². The van der Waals surface area contributed by atoms with Crippen LogP contribution in [0, 0.1) is 52.3 Å². The fourth-order valence-electron chi connectivity index (χ4n) is 14.4. The van der Waals surface area contributed by atoms with E-state index >= 15 is 4.79 Å². The molecule has 4 fully saturated rings. The molecule has 1 spiro atoms. The van der Waals surface area contributed by atoms with E-state index in [4.69, 9.17) is 9.47 Å². The fourth-order valence-corrected chi connectivity index (χ4v) is 16.6. The summed E-state index contributed by atoms with van der Waals surface area (Å²) in [7, 11) is 3.76. The molecule has 1 saturated heterocycles. The van der Waals surface area contributed by atoms with Crippen LogP contribution in [0.4, 0.5) is 0 Å². The van der Waals surface area contributed by atoms with Crippen LogP contribution in [0.25, 0.3) is 0 Å². The Balaban J connectivity index is 1.12. The summed E-state index contributed by atoms with van der Waals surface area (Å²) in [5, 5.41) is 7.15. The van der Waals surface area contributed by atoms with Gasteiger partial charge in [-0.2, -0.15) is 0 Å². The van der Waals surface area contributed by atoms with Crippen LogP contribution >= 0.6 is 21.6 Å². The van der Waals surface area contributed by atoms with Crippen LogP contribution in [0.15, 0.2) is 81.2 Å². The lowest BCUT2D eigenvalue weighted by Gasteiger charge is -2.58. The molecule has 5 aliphatic heterocycles. The maximum atomic E-state index is 15.0. The number of hydrogen-bond donors (Lipinski definition) is 2. The average Bonchev–Trinajstić information content (AvgIpc) is 4.03. The molecule has 59 heavy (non-hydrogen) atoms. The van der Waals surface area contributed by atoms with Gasteiger partial charge in [0, 0.05) is 54.0 Å². The van der Waals surface area contributed by atoms with Crippen molar-refractivity contribution in [3.05, 3.63) is 81.2 Å². The highest BCUT2D eigenvalue weighted by molar-refractivity contribution is 8.76. The van der Waals surface area contributed by atoms with E-state index in [9.17, 15) is 14.4 Å². The number of nitrogens with zero attached hydrogens (tertiary/aromatic N) is 1. The quantitative estimate of drug-likeness (QED) is 0.159. The molecule has 7 unspecified atom stereocenters. The van der Waals surface area contributed by atoms with E-state index in [1.165, 1.54) is 67.6 Å².